The number of ether oxygens (including phenoxy) is 1. The first-order valence-electron chi connectivity index (χ1n) is 13.8. The standard InChI is InChI=1S/C35H18N4O/c1-3-9-23-19(7-1)21-15-17-25-26-18-16-22-20-8-2-4-10-24(20)37-28-12-6-14-30-32(28)35(39(26)34(22)37)31-27(11-5-13-29(31)40-30)36(23)33(21)38(25)35/h1-18H/q+2. The van der Waals surface area contributed by atoms with Crippen LogP contribution in [0.25, 0.3) is 66.6 Å². The van der Waals surface area contributed by atoms with Crippen molar-refractivity contribution in [3.63, 3.8) is 0 Å². The number of rotatable bonds is 0. The zero-order chi connectivity index (χ0) is 25.5. The van der Waals surface area contributed by atoms with Crippen LogP contribution < -0.4 is 13.9 Å². The Bertz CT molecular complexity index is 2400. The van der Waals surface area contributed by atoms with Crippen molar-refractivity contribution in [2.24, 2.45) is 0 Å². The van der Waals surface area contributed by atoms with Crippen LogP contribution in [-0.2, 0) is 5.66 Å². The van der Waals surface area contributed by atoms with Crippen molar-refractivity contribution in [1.82, 2.24) is 9.13 Å². The van der Waals surface area contributed by atoms with Gasteiger partial charge in [-0.25, -0.2) is 0 Å². The van der Waals surface area contributed by atoms with Gasteiger partial charge < -0.3 is 4.74 Å². The second-order valence-electron chi connectivity index (χ2n) is 11.4. The smallest absolute Gasteiger partial charge is 0.323 e. The van der Waals surface area contributed by atoms with Gasteiger partial charge in [0.25, 0.3) is 11.3 Å². The summed E-state index contributed by atoms with van der Waals surface area (Å²) in [5.41, 5.74) is 11.5. The summed E-state index contributed by atoms with van der Waals surface area (Å²) in [6.45, 7) is 0. The van der Waals surface area contributed by atoms with Gasteiger partial charge in [-0.1, -0.05) is 36.4 Å². The molecule has 4 aromatic heterocycles. The van der Waals surface area contributed by atoms with Crippen molar-refractivity contribution >= 4 is 43.9 Å². The SMILES string of the molecule is c1cc2c3c(c1)-n1c4ccccc4c4ccc5[n+](c41)C31c3c(cccc3-n3c4ccccc4c4ccc-5[n+]1c43)O2. The van der Waals surface area contributed by atoms with Gasteiger partial charge in [0, 0.05) is 10.8 Å². The first-order valence-corrected chi connectivity index (χ1v) is 13.8. The summed E-state index contributed by atoms with van der Waals surface area (Å²) in [6.07, 6.45) is 0. The van der Waals surface area contributed by atoms with Crippen LogP contribution in [0.15, 0.2) is 109 Å². The van der Waals surface area contributed by atoms with E-state index in [0.717, 1.165) is 11.5 Å². The van der Waals surface area contributed by atoms with Crippen LogP contribution in [0.1, 0.15) is 11.1 Å². The van der Waals surface area contributed by atoms with Gasteiger partial charge in [0.15, 0.2) is 11.4 Å². The first-order chi connectivity index (χ1) is 19.9. The quantitative estimate of drug-likeness (QED) is 0.215. The fraction of sp³-hybridized carbons (Fsp3) is 0.0286. The third kappa shape index (κ3) is 1.60. The number of hydrogen-bond donors (Lipinski definition) is 0. The van der Waals surface area contributed by atoms with Crippen molar-refractivity contribution < 1.29 is 13.9 Å². The van der Waals surface area contributed by atoms with Crippen LogP contribution in [0.4, 0.5) is 0 Å². The third-order valence-electron chi connectivity index (χ3n) is 9.81. The number of hydrogen-bond acceptors (Lipinski definition) is 1. The fourth-order valence-corrected chi connectivity index (χ4v) is 8.59. The average molecular weight is 511 g/mol. The van der Waals surface area contributed by atoms with Gasteiger partial charge >= 0.3 is 5.66 Å². The Balaban J connectivity index is 1.48. The Morgan fingerprint density at radius 2 is 0.975 bits per heavy atom. The average Bonchev–Trinajstić information content (AvgIpc) is 3.62. The van der Waals surface area contributed by atoms with Crippen molar-refractivity contribution in [1.29, 1.82) is 0 Å². The maximum Gasteiger partial charge on any atom is 0.323 e. The molecule has 5 heteroatoms. The maximum atomic E-state index is 6.83. The maximum absolute atomic E-state index is 6.83. The summed E-state index contributed by atoms with van der Waals surface area (Å²) in [7, 11) is 0. The van der Waals surface area contributed by atoms with Crippen molar-refractivity contribution in [3.8, 4) is 34.3 Å². The number of pyridine rings is 2. The summed E-state index contributed by atoms with van der Waals surface area (Å²) < 4.78 is 17.0. The van der Waals surface area contributed by atoms with E-state index in [1.165, 1.54) is 77.8 Å². The van der Waals surface area contributed by atoms with Crippen LogP contribution in [0, 0.1) is 0 Å². The van der Waals surface area contributed by atoms with E-state index in [9.17, 15) is 0 Å². The molecule has 0 aliphatic carbocycles. The van der Waals surface area contributed by atoms with Gasteiger partial charge in [0.05, 0.1) is 10.8 Å². The number of benzene rings is 4. The number of para-hydroxylation sites is 2. The van der Waals surface area contributed by atoms with E-state index < -0.39 is 5.66 Å². The molecule has 0 saturated carbocycles. The Kier molecular flexibility index (Phi) is 2.64. The van der Waals surface area contributed by atoms with E-state index in [1.807, 2.05) is 0 Å². The molecule has 4 aliphatic heterocycles. The molecule has 8 aromatic rings. The Labute approximate surface area is 226 Å². The molecular formula is C35H18N4O+2. The summed E-state index contributed by atoms with van der Waals surface area (Å²) in [6, 6.07) is 40.0. The molecule has 0 unspecified atom stereocenters. The molecule has 182 valence electrons. The van der Waals surface area contributed by atoms with E-state index in [2.05, 4.69) is 127 Å². The lowest BCUT2D eigenvalue weighted by Crippen LogP contribution is -2.75. The predicted octanol–water partition coefficient (Wildman–Crippen LogP) is 6.47. The summed E-state index contributed by atoms with van der Waals surface area (Å²) in [5.74, 6) is 1.84. The minimum atomic E-state index is -0.603. The highest BCUT2D eigenvalue weighted by Crippen LogP contribution is 2.57. The minimum absolute atomic E-state index is 0.603. The normalized spacial score (nSPS) is 15.4. The van der Waals surface area contributed by atoms with Crippen molar-refractivity contribution in [2.45, 2.75) is 5.66 Å². The molecule has 12 rings (SSSR count). The van der Waals surface area contributed by atoms with Crippen LogP contribution >= 0.6 is 0 Å². The monoisotopic (exact) mass is 510 g/mol. The van der Waals surface area contributed by atoms with Crippen LogP contribution in [0.5, 0.6) is 11.5 Å². The lowest BCUT2D eigenvalue weighted by atomic mass is 9.82. The molecule has 4 aromatic carbocycles. The Hall–Kier alpha value is -5.42. The summed E-state index contributed by atoms with van der Waals surface area (Å²) >= 11 is 0. The lowest BCUT2D eigenvalue weighted by Gasteiger charge is -2.38. The number of fused-ring (bicyclic) bond motifs is 9. The number of aromatic nitrogens is 4. The van der Waals surface area contributed by atoms with E-state index in [-0.39, 0.29) is 0 Å². The largest absolute Gasteiger partial charge is 0.456 e. The molecule has 1 spiro atoms. The number of nitrogens with zero attached hydrogens (tertiary/aromatic N) is 4. The highest BCUT2D eigenvalue weighted by molar-refractivity contribution is 6.09. The molecule has 0 bridgehead atoms. The summed E-state index contributed by atoms with van der Waals surface area (Å²) in [5, 5.41) is 5.08. The fourth-order valence-electron chi connectivity index (χ4n) is 8.59. The molecule has 0 fully saturated rings. The lowest BCUT2D eigenvalue weighted by molar-refractivity contribution is -0.920. The first kappa shape index (κ1) is 18.8. The highest BCUT2D eigenvalue weighted by atomic mass is 16.5. The molecular weight excluding hydrogens is 492 g/mol. The molecule has 0 amide bonds. The van der Waals surface area contributed by atoms with Gasteiger partial charge in [0.1, 0.15) is 45.0 Å². The van der Waals surface area contributed by atoms with Crippen LogP contribution in [-0.4, -0.2) is 9.13 Å². The zero-order valence-electron chi connectivity index (χ0n) is 21.1. The molecule has 40 heavy (non-hydrogen) atoms. The second-order valence-corrected chi connectivity index (χ2v) is 11.4. The van der Waals surface area contributed by atoms with Crippen LogP contribution in [0.3, 0.4) is 0 Å². The second kappa shape index (κ2) is 5.63. The van der Waals surface area contributed by atoms with Gasteiger partial charge in [0.2, 0.25) is 0 Å². The molecule has 0 N–H and O–H groups in total. The van der Waals surface area contributed by atoms with Crippen LogP contribution in [0.2, 0.25) is 0 Å². The molecule has 4 aliphatic rings. The van der Waals surface area contributed by atoms with E-state index in [0.29, 0.717) is 0 Å². The Morgan fingerprint density at radius 1 is 0.475 bits per heavy atom. The van der Waals surface area contributed by atoms with Gasteiger partial charge in [-0.15, -0.1) is 0 Å². The van der Waals surface area contributed by atoms with Crippen molar-refractivity contribution in [2.75, 3.05) is 0 Å². The van der Waals surface area contributed by atoms with Gasteiger partial charge in [-0.2, -0.15) is 18.3 Å². The summed E-state index contributed by atoms with van der Waals surface area (Å²) in [4.78, 5) is 0. The molecule has 8 heterocycles. The highest BCUT2D eigenvalue weighted by Gasteiger charge is 2.68. The van der Waals surface area contributed by atoms with Crippen molar-refractivity contribution in [3.05, 3.63) is 120 Å². The van der Waals surface area contributed by atoms with Gasteiger partial charge in [-0.3, -0.25) is 0 Å². The Morgan fingerprint density at radius 3 is 1.50 bits per heavy atom. The molecule has 0 saturated heterocycles. The van der Waals surface area contributed by atoms with E-state index >= 15 is 0 Å². The topological polar surface area (TPSA) is 26.8 Å². The molecule has 5 nitrogen and oxygen atoms in total. The third-order valence-corrected chi connectivity index (χ3v) is 9.81. The predicted molar refractivity (Wildman–Crippen MR) is 153 cm³/mol. The molecule has 0 atom stereocenters. The van der Waals surface area contributed by atoms with E-state index in [1.54, 1.807) is 0 Å². The van der Waals surface area contributed by atoms with Gasteiger partial charge in [-0.05, 0) is 72.8 Å². The molecule has 0 radical (unpaired) electrons. The zero-order valence-corrected chi connectivity index (χ0v) is 21.1. The minimum Gasteiger partial charge on any atom is -0.456 e. The van der Waals surface area contributed by atoms with E-state index in [4.69, 9.17) is 4.74 Å².